The fourth-order valence-corrected chi connectivity index (χ4v) is 1.79. The van der Waals surface area contributed by atoms with Gasteiger partial charge in [-0.05, 0) is 39.5 Å². The van der Waals surface area contributed by atoms with E-state index in [4.69, 9.17) is 4.74 Å². The Labute approximate surface area is 109 Å². The molecular formula is C14H25NO3. The van der Waals surface area contributed by atoms with Crippen molar-refractivity contribution < 1.29 is 14.3 Å². The van der Waals surface area contributed by atoms with Crippen molar-refractivity contribution in [2.75, 3.05) is 0 Å². The minimum absolute atomic E-state index is 0.144. The number of carbonyl (C=O) groups is 2. The fraction of sp³-hybridized carbons (Fsp3) is 0.857. The molecule has 0 spiro atoms. The van der Waals surface area contributed by atoms with Crippen LogP contribution >= 0.6 is 0 Å². The molecule has 0 saturated heterocycles. The van der Waals surface area contributed by atoms with Gasteiger partial charge in [-0.3, -0.25) is 4.79 Å². The smallest absolute Gasteiger partial charge is 0.408 e. The lowest BCUT2D eigenvalue weighted by Gasteiger charge is -2.26. The van der Waals surface area contributed by atoms with E-state index < -0.39 is 17.7 Å². The largest absolute Gasteiger partial charge is 0.444 e. The van der Waals surface area contributed by atoms with Crippen molar-refractivity contribution in [2.45, 2.75) is 65.5 Å². The number of hydrogen-bond acceptors (Lipinski definition) is 3. The van der Waals surface area contributed by atoms with E-state index in [9.17, 15) is 9.59 Å². The Morgan fingerprint density at radius 2 is 1.89 bits per heavy atom. The molecule has 0 aromatic heterocycles. The van der Waals surface area contributed by atoms with Gasteiger partial charge in [-0.2, -0.15) is 0 Å². The monoisotopic (exact) mass is 255 g/mol. The Balaban J connectivity index is 2.60. The van der Waals surface area contributed by atoms with E-state index in [1.54, 1.807) is 0 Å². The molecule has 4 heteroatoms. The molecule has 1 amide bonds. The summed E-state index contributed by atoms with van der Waals surface area (Å²) in [6.45, 7) is 9.45. The van der Waals surface area contributed by atoms with Crippen LogP contribution in [0.3, 0.4) is 0 Å². The van der Waals surface area contributed by atoms with E-state index in [-0.39, 0.29) is 17.6 Å². The van der Waals surface area contributed by atoms with Crippen LogP contribution in [0.4, 0.5) is 4.79 Å². The van der Waals surface area contributed by atoms with Crippen LogP contribution in [0.15, 0.2) is 0 Å². The van der Waals surface area contributed by atoms with E-state index in [2.05, 4.69) is 5.32 Å². The highest BCUT2D eigenvalue weighted by Gasteiger charge is 2.38. The average molecular weight is 255 g/mol. The van der Waals surface area contributed by atoms with Crippen molar-refractivity contribution >= 4 is 11.9 Å². The molecule has 0 aliphatic heterocycles. The first-order chi connectivity index (χ1) is 8.24. The number of nitrogens with one attached hydrogen (secondary N) is 1. The summed E-state index contributed by atoms with van der Waals surface area (Å²) in [5, 5.41) is 2.73. The Hall–Kier alpha value is -1.06. The molecule has 0 unspecified atom stereocenters. The minimum atomic E-state index is -0.535. The third kappa shape index (κ3) is 4.67. The maximum Gasteiger partial charge on any atom is 0.408 e. The van der Waals surface area contributed by atoms with Crippen molar-refractivity contribution in [3.63, 3.8) is 0 Å². The maximum absolute atomic E-state index is 12.1. The third-order valence-corrected chi connectivity index (χ3v) is 3.17. The zero-order valence-corrected chi connectivity index (χ0v) is 12.1. The maximum atomic E-state index is 12.1. The summed E-state index contributed by atoms with van der Waals surface area (Å²) < 4.78 is 5.21. The number of carbonyl (C=O) groups excluding carboxylic acids is 2. The summed E-state index contributed by atoms with van der Waals surface area (Å²) >= 11 is 0. The van der Waals surface area contributed by atoms with Gasteiger partial charge in [0.05, 0.1) is 6.04 Å². The van der Waals surface area contributed by atoms with Crippen LogP contribution < -0.4 is 5.32 Å². The molecule has 1 aliphatic carbocycles. The summed E-state index contributed by atoms with van der Waals surface area (Å²) in [6.07, 6.45) is 2.28. The number of alkyl carbamates (subject to hydrolysis) is 1. The molecular weight excluding hydrogens is 230 g/mol. The van der Waals surface area contributed by atoms with Gasteiger partial charge < -0.3 is 10.1 Å². The molecule has 0 radical (unpaired) electrons. The van der Waals surface area contributed by atoms with E-state index >= 15 is 0 Å². The second-order valence-electron chi connectivity index (χ2n) is 6.19. The van der Waals surface area contributed by atoms with Gasteiger partial charge >= 0.3 is 6.09 Å². The zero-order chi connectivity index (χ0) is 13.9. The Morgan fingerprint density at radius 1 is 1.33 bits per heavy atom. The molecule has 2 atom stereocenters. The Morgan fingerprint density at radius 3 is 2.28 bits per heavy atom. The van der Waals surface area contributed by atoms with Gasteiger partial charge in [-0.25, -0.2) is 4.79 Å². The van der Waals surface area contributed by atoms with Crippen molar-refractivity contribution in [2.24, 2.45) is 11.8 Å². The molecule has 0 aromatic carbocycles. The SMILES string of the molecule is CC[C@H](C)[C@H](NC(=O)OC(C)(C)C)C(=O)C1CC1. The van der Waals surface area contributed by atoms with E-state index in [0.717, 1.165) is 19.3 Å². The molecule has 0 heterocycles. The Bertz CT molecular complexity index is 315. The predicted octanol–water partition coefficient (Wildman–Crippen LogP) is 2.90. The topological polar surface area (TPSA) is 55.4 Å². The average Bonchev–Trinajstić information content (AvgIpc) is 3.05. The summed E-state index contributed by atoms with van der Waals surface area (Å²) in [4.78, 5) is 23.9. The highest BCUT2D eigenvalue weighted by molar-refractivity contribution is 5.91. The van der Waals surface area contributed by atoms with Gasteiger partial charge in [-0.15, -0.1) is 0 Å². The van der Waals surface area contributed by atoms with Crippen LogP contribution in [0.1, 0.15) is 53.9 Å². The fourth-order valence-electron chi connectivity index (χ4n) is 1.79. The standard InChI is InChI=1S/C14H25NO3/c1-6-9(2)11(12(16)10-7-8-10)15-13(17)18-14(3,4)5/h9-11H,6-8H2,1-5H3,(H,15,17)/t9-,11-/m0/s1. The molecule has 1 N–H and O–H groups in total. The molecule has 4 nitrogen and oxygen atoms in total. The highest BCUT2D eigenvalue weighted by atomic mass is 16.6. The molecule has 0 aromatic rings. The zero-order valence-electron chi connectivity index (χ0n) is 12.1. The number of ether oxygens (including phenoxy) is 1. The first-order valence-electron chi connectivity index (χ1n) is 6.78. The lowest BCUT2D eigenvalue weighted by molar-refractivity contribution is -0.123. The summed E-state index contributed by atoms with van der Waals surface area (Å²) in [6, 6.07) is -0.405. The first kappa shape index (κ1) is 15.0. The van der Waals surface area contributed by atoms with Crippen LogP contribution in [0.5, 0.6) is 0 Å². The van der Waals surface area contributed by atoms with Crippen LogP contribution in [0, 0.1) is 11.8 Å². The van der Waals surface area contributed by atoms with E-state index in [1.807, 2.05) is 34.6 Å². The molecule has 1 aliphatic rings. The number of ketones is 1. The van der Waals surface area contributed by atoms with E-state index in [0.29, 0.717) is 0 Å². The quantitative estimate of drug-likeness (QED) is 0.821. The molecule has 1 rings (SSSR count). The van der Waals surface area contributed by atoms with Gasteiger partial charge in [-0.1, -0.05) is 20.3 Å². The summed E-state index contributed by atoms with van der Waals surface area (Å²) in [5.41, 5.74) is -0.535. The van der Waals surface area contributed by atoms with Crippen molar-refractivity contribution in [1.82, 2.24) is 5.32 Å². The first-order valence-corrected chi connectivity index (χ1v) is 6.78. The van der Waals surface area contributed by atoms with Gasteiger partial charge in [0.25, 0.3) is 0 Å². The van der Waals surface area contributed by atoms with Gasteiger partial charge in [0.15, 0.2) is 5.78 Å². The molecule has 104 valence electrons. The molecule has 1 fully saturated rings. The number of amides is 1. The normalized spacial score (nSPS) is 18.9. The van der Waals surface area contributed by atoms with Gasteiger partial charge in [0.1, 0.15) is 5.60 Å². The van der Waals surface area contributed by atoms with E-state index in [1.165, 1.54) is 0 Å². The number of rotatable bonds is 5. The molecule has 18 heavy (non-hydrogen) atoms. The van der Waals surface area contributed by atoms with Crippen LogP contribution in [0.25, 0.3) is 0 Å². The van der Waals surface area contributed by atoms with Crippen molar-refractivity contribution in [1.29, 1.82) is 0 Å². The minimum Gasteiger partial charge on any atom is -0.444 e. The van der Waals surface area contributed by atoms with Crippen LogP contribution in [-0.2, 0) is 9.53 Å². The van der Waals surface area contributed by atoms with Crippen molar-refractivity contribution in [3.8, 4) is 0 Å². The molecule has 1 saturated carbocycles. The van der Waals surface area contributed by atoms with Crippen LogP contribution in [0.2, 0.25) is 0 Å². The second-order valence-corrected chi connectivity index (χ2v) is 6.19. The lowest BCUT2D eigenvalue weighted by Crippen LogP contribution is -2.47. The number of hydrogen-bond donors (Lipinski definition) is 1. The third-order valence-electron chi connectivity index (χ3n) is 3.17. The highest BCUT2D eigenvalue weighted by Crippen LogP contribution is 2.32. The summed E-state index contributed by atoms with van der Waals surface area (Å²) in [5.74, 6) is 0.458. The summed E-state index contributed by atoms with van der Waals surface area (Å²) in [7, 11) is 0. The van der Waals surface area contributed by atoms with Crippen molar-refractivity contribution in [3.05, 3.63) is 0 Å². The Kier molecular flexibility index (Phi) is 4.77. The lowest BCUT2D eigenvalue weighted by atomic mass is 9.93. The predicted molar refractivity (Wildman–Crippen MR) is 70.3 cm³/mol. The van der Waals surface area contributed by atoms with Crippen LogP contribution in [-0.4, -0.2) is 23.5 Å². The van der Waals surface area contributed by atoms with Gasteiger partial charge in [0, 0.05) is 5.92 Å². The molecule has 0 bridgehead atoms. The number of Topliss-reactive ketones (excluding diaryl/α,β-unsaturated/α-hetero) is 1. The van der Waals surface area contributed by atoms with Gasteiger partial charge in [0.2, 0.25) is 0 Å². The second kappa shape index (κ2) is 5.72.